The Morgan fingerprint density at radius 2 is 2.06 bits per heavy atom. The van der Waals surface area contributed by atoms with Crippen molar-refractivity contribution in [1.29, 1.82) is 0 Å². The van der Waals surface area contributed by atoms with E-state index in [2.05, 4.69) is 4.74 Å². The molecule has 1 aromatic carbocycles. The lowest BCUT2D eigenvalue weighted by atomic mass is 10.1. The Morgan fingerprint density at radius 1 is 1.38 bits per heavy atom. The molecule has 0 radical (unpaired) electrons. The summed E-state index contributed by atoms with van der Waals surface area (Å²) >= 11 is 0. The van der Waals surface area contributed by atoms with Gasteiger partial charge in [-0.05, 0) is 25.1 Å². The highest BCUT2D eigenvalue weighted by atomic mass is 16.5. The van der Waals surface area contributed by atoms with Crippen molar-refractivity contribution in [3.05, 3.63) is 29.3 Å². The first kappa shape index (κ1) is 12.0. The fourth-order valence-electron chi connectivity index (χ4n) is 1.22. The van der Waals surface area contributed by atoms with Crippen LogP contribution < -0.4 is 4.74 Å². The third kappa shape index (κ3) is 2.50. The van der Waals surface area contributed by atoms with Crippen LogP contribution >= 0.6 is 0 Å². The average Bonchev–Trinajstić information content (AvgIpc) is 2.28. The number of hydrogen-bond acceptors (Lipinski definition) is 4. The zero-order chi connectivity index (χ0) is 12.1. The van der Waals surface area contributed by atoms with Crippen molar-refractivity contribution in [2.75, 3.05) is 13.7 Å². The second kappa shape index (κ2) is 5.16. The molecule has 0 amide bonds. The minimum absolute atomic E-state index is 0.0512. The van der Waals surface area contributed by atoms with Crippen molar-refractivity contribution >= 4 is 11.9 Å². The lowest BCUT2D eigenvalue weighted by molar-refractivity contribution is 0.0600. The van der Waals surface area contributed by atoms with Crippen LogP contribution in [-0.4, -0.2) is 30.8 Å². The third-order valence-electron chi connectivity index (χ3n) is 1.93. The van der Waals surface area contributed by atoms with E-state index in [1.807, 2.05) is 0 Å². The zero-order valence-corrected chi connectivity index (χ0v) is 9.02. The molecule has 0 unspecified atom stereocenters. The summed E-state index contributed by atoms with van der Waals surface area (Å²) in [4.78, 5) is 22.1. The third-order valence-corrected chi connectivity index (χ3v) is 1.93. The summed E-state index contributed by atoms with van der Waals surface area (Å²) in [6, 6.07) is 4.14. The summed E-state index contributed by atoms with van der Waals surface area (Å²) in [5.74, 6) is -1.48. The molecule has 0 atom stereocenters. The van der Waals surface area contributed by atoms with Crippen molar-refractivity contribution in [1.82, 2.24) is 0 Å². The van der Waals surface area contributed by atoms with Gasteiger partial charge < -0.3 is 14.6 Å². The Hall–Kier alpha value is -2.04. The molecule has 0 aliphatic carbocycles. The number of ether oxygens (including phenoxy) is 2. The molecule has 0 saturated carbocycles. The van der Waals surface area contributed by atoms with Gasteiger partial charge in [0.05, 0.1) is 19.3 Å². The van der Waals surface area contributed by atoms with Gasteiger partial charge in [0.1, 0.15) is 11.3 Å². The molecule has 16 heavy (non-hydrogen) atoms. The summed E-state index contributed by atoms with van der Waals surface area (Å²) in [6.45, 7) is 2.11. The van der Waals surface area contributed by atoms with E-state index in [0.29, 0.717) is 6.61 Å². The summed E-state index contributed by atoms with van der Waals surface area (Å²) in [5, 5.41) is 8.94. The van der Waals surface area contributed by atoms with E-state index in [4.69, 9.17) is 9.84 Å². The standard InChI is InChI=1S/C11H12O5/c1-3-16-9-5-4-7(11(14)15-2)6-8(9)10(12)13/h4-6H,3H2,1-2H3,(H,12,13). The van der Waals surface area contributed by atoms with Gasteiger partial charge in [0, 0.05) is 0 Å². The Kier molecular flexibility index (Phi) is 3.88. The molecule has 1 rings (SSSR count). The monoisotopic (exact) mass is 224 g/mol. The van der Waals surface area contributed by atoms with Crippen LogP contribution in [0.25, 0.3) is 0 Å². The maximum Gasteiger partial charge on any atom is 0.339 e. The Bertz CT molecular complexity index is 411. The predicted octanol–water partition coefficient (Wildman–Crippen LogP) is 1.57. The minimum Gasteiger partial charge on any atom is -0.493 e. The van der Waals surface area contributed by atoms with E-state index >= 15 is 0 Å². The normalized spacial score (nSPS) is 9.62. The molecule has 86 valence electrons. The Morgan fingerprint density at radius 3 is 2.56 bits per heavy atom. The molecule has 0 heterocycles. The maximum atomic E-state index is 11.2. The topological polar surface area (TPSA) is 72.8 Å². The largest absolute Gasteiger partial charge is 0.493 e. The molecule has 1 N–H and O–H groups in total. The predicted molar refractivity (Wildman–Crippen MR) is 55.9 cm³/mol. The molecule has 0 aliphatic rings. The first-order chi connectivity index (χ1) is 7.60. The van der Waals surface area contributed by atoms with E-state index in [0.717, 1.165) is 0 Å². The van der Waals surface area contributed by atoms with Gasteiger partial charge >= 0.3 is 11.9 Å². The number of methoxy groups -OCH3 is 1. The van der Waals surface area contributed by atoms with Crippen LogP contribution in [0.5, 0.6) is 5.75 Å². The maximum absolute atomic E-state index is 11.2. The van der Waals surface area contributed by atoms with Crippen LogP contribution in [0.4, 0.5) is 0 Å². The molecule has 0 fully saturated rings. The lowest BCUT2D eigenvalue weighted by Gasteiger charge is -2.08. The van der Waals surface area contributed by atoms with Gasteiger partial charge in [0.2, 0.25) is 0 Å². The lowest BCUT2D eigenvalue weighted by Crippen LogP contribution is -2.07. The minimum atomic E-state index is -1.14. The number of rotatable bonds is 4. The first-order valence-corrected chi connectivity index (χ1v) is 4.68. The van der Waals surface area contributed by atoms with Crippen LogP contribution in [0.15, 0.2) is 18.2 Å². The Balaban J connectivity index is 3.17. The number of carbonyl (C=O) groups is 2. The van der Waals surface area contributed by atoms with Crippen molar-refractivity contribution < 1.29 is 24.2 Å². The van der Waals surface area contributed by atoms with E-state index in [1.165, 1.54) is 25.3 Å². The molecule has 0 aromatic heterocycles. The number of carboxylic acids is 1. The van der Waals surface area contributed by atoms with Gasteiger partial charge in [0.25, 0.3) is 0 Å². The number of aromatic carboxylic acids is 1. The molecular weight excluding hydrogens is 212 g/mol. The molecular formula is C11H12O5. The number of benzene rings is 1. The van der Waals surface area contributed by atoms with Crippen LogP contribution in [-0.2, 0) is 4.74 Å². The molecule has 0 saturated heterocycles. The number of carboxylic acid groups (broad SMARTS) is 1. The van der Waals surface area contributed by atoms with Gasteiger partial charge in [0.15, 0.2) is 0 Å². The van der Waals surface area contributed by atoms with Crippen molar-refractivity contribution in [3.8, 4) is 5.75 Å². The quantitative estimate of drug-likeness (QED) is 0.786. The van der Waals surface area contributed by atoms with Gasteiger partial charge in [-0.1, -0.05) is 0 Å². The molecule has 0 aliphatic heterocycles. The highest BCUT2D eigenvalue weighted by Gasteiger charge is 2.15. The van der Waals surface area contributed by atoms with Crippen LogP contribution in [0.3, 0.4) is 0 Å². The zero-order valence-electron chi connectivity index (χ0n) is 9.02. The van der Waals surface area contributed by atoms with Crippen LogP contribution in [0.1, 0.15) is 27.6 Å². The smallest absolute Gasteiger partial charge is 0.339 e. The van der Waals surface area contributed by atoms with Gasteiger partial charge in [-0.3, -0.25) is 0 Å². The van der Waals surface area contributed by atoms with Gasteiger partial charge in [-0.15, -0.1) is 0 Å². The number of hydrogen-bond donors (Lipinski definition) is 1. The average molecular weight is 224 g/mol. The number of carbonyl (C=O) groups excluding carboxylic acids is 1. The first-order valence-electron chi connectivity index (χ1n) is 4.68. The van der Waals surface area contributed by atoms with E-state index in [1.54, 1.807) is 6.92 Å². The van der Waals surface area contributed by atoms with Gasteiger partial charge in [-0.2, -0.15) is 0 Å². The molecule has 1 aromatic rings. The Labute approximate surface area is 92.6 Å². The van der Waals surface area contributed by atoms with Gasteiger partial charge in [-0.25, -0.2) is 9.59 Å². The van der Waals surface area contributed by atoms with E-state index < -0.39 is 11.9 Å². The number of esters is 1. The van der Waals surface area contributed by atoms with Crippen molar-refractivity contribution in [2.45, 2.75) is 6.92 Å². The fourth-order valence-corrected chi connectivity index (χ4v) is 1.22. The highest BCUT2D eigenvalue weighted by Crippen LogP contribution is 2.20. The summed E-state index contributed by atoms with van der Waals surface area (Å²) in [6.07, 6.45) is 0. The van der Waals surface area contributed by atoms with E-state index in [-0.39, 0.29) is 16.9 Å². The highest BCUT2D eigenvalue weighted by molar-refractivity contribution is 5.96. The fraction of sp³-hybridized carbons (Fsp3) is 0.273. The summed E-state index contributed by atoms with van der Waals surface area (Å²) in [7, 11) is 1.24. The van der Waals surface area contributed by atoms with Crippen molar-refractivity contribution in [2.24, 2.45) is 0 Å². The molecule has 0 bridgehead atoms. The second-order valence-electron chi connectivity index (χ2n) is 2.94. The van der Waals surface area contributed by atoms with Crippen LogP contribution in [0.2, 0.25) is 0 Å². The van der Waals surface area contributed by atoms with Crippen molar-refractivity contribution in [3.63, 3.8) is 0 Å². The SMILES string of the molecule is CCOc1ccc(C(=O)OC)cc1C(=O)O. The summed E-state index contributed by atoms with van der Waals surface area (Å²) in [5.41, 5.74) is 0.133. The summed E-state index contributed by atoms with van der Waals surface area (Å²) < 4.78 is 9.63. The van der Waals surface area contributed by atoms with E-state index in [9.17, 15) is 9.59 Å². The van der Waals surface area contributed by atoms with Crippen LogP contribution in [0, 0.1) is 0 Å². The molecule has 0 spiro atoms. The molecule has 5 nitrogen and oxygen atoms in total. The second-order valence-corrected chi connectivity index (χ2v) is 2.94. The molecule has 5 heteroatoms.